The lowest BCUT2D eigenvalue weighted by atomic mass is 9.74. The summed E-state index contributed by atoms with van der Waals surface area (Å²) in [5, 5.41) is 11.0. The second-order valence-electron chi connectivity index (χ2n) is 7.85. The number of amides is 2. The maximum atomic E-state index is 13.0. The van der Waals surface area contributed by atoms with E-state index in [4.69, 9.17) is 0 Å². The number of nitrogens with zero attached hydrogens (tertiary/aromatic N) is 2. The van der Waals surface area contributed by atoms with Crippen LogP contribution in [0.1, 0.15) is 28.9 Å². The van der Waals surface area contributed by atoms with Crippen molar-refractivity contribution in [3.05, 3.63) is 75.5 Å². The number of piperidine rings is 1. The fraction of sp³-hybridized carbons (Fsp3) is 0.304. The van der Waals surface area contributed by atoms with Gasteiger partial charge in [0.25, 0.3) is 11.5 Å². The molecule has 1 saturated heterocycles. The molecule has 4 rings (SSSR count). The molecule has 31 heavy (non-hydrogen) atoms. The number of aromatic amines is 1. The SMILES string of the molecule is CNC(=O)[C@]1(Cc2ccc(-c3cccs3)cc2)CCCN(C(=O)c2ccc(=O)[nH]n2)C1. The Hall–Kier alpha value is -3.26. The minimum Gasteiger partial charge on any atom is -0.359 e. The number of hydrogen-bond acceptors (Lipinski definition) is 5. The monoisotopic (exact) mass is 436 g/mol. The Kier molecular flexibility index (Phi) is 5.99. The highest BCUT2D eigenvalue weighted by molar-refractivity contribution is 7.13. The van der Waals surface area contributed by atoms with Crippen LogP contribution in [0.4, 0.5) is 0 Å². The van der Waals surface area contributed by atoms with Crippen molar-refractivity contribution < 1.29 is 9.59 Å². The third-order valence-corrected chi connectivity index (χ3v) is 6.69. The van der Waals surface area contributed by atoms with Crippen LogP contribution in [0.5, 0.6) is 0 Å². The molecule has 2 N–H and O–H groups in total. The molecule has 2 aromatic heterocycles. The van der Waals surface area contributed by atoms with Gasteiger partial charge in [-0.3, -0.25) is 14.4 Å². The van der Waals surface area contributed by atoms with Gasteiger partial charge in [0.05, 0.1) is 5.41 Å². The Morgan fingerprint density at radius 1 is 1.19 bits per heavy atom. The molecule has 0 radical (unpaired) electrons. The molecule has 0 unspecified atom stereocenters. The zero-order valence-electron chi connectivity index (χ0n) is 17.3. The van der Waals surface area contributed by atoms with E-state index in [2.05, 4.69) is 51.2 Å². The van der Waals surface area contributed by atoms with Gasteiger partial charge in [-0.2, -0.15) is 5.10 Å². The first-order valence-electron chi connectivity index (χ1n) is 10.2. The van der Waals surface area contributed by atoms with E-state index >= 15 is 0 Å². The largest absolute Gasteiger partial charge is 0.359 e. The predicted octanol–water partition coefficient (Wildman–Crippen LogP) is 2.71. The van der Waals surface area contributed by atoms with Crippen LogP contribution in [0.25, 0.3) is 10.4 Å². The molecule has 1 fully saturated rings. The number of aromatic nitrogens is 2. The average Bonchev–Trinajstić information content (AvgIpc) is 3.34. The summed E-state index contributed by atoms with van der Waals surface area (Å²) in [6.07, 6.45) is 1.96. The van der Waals surface area contributed by atoms with Gasteiger partial charge in [0.2, 0.25) is 5.91 Å². The summed E-state index contributed by atoms with van der Waals surface area (Å²) >= 11 is 1.69. The van der Waals surface area contributed by atoms with Gasteiger partial charge in [0.1, 0.15) is 5.69 Å². The number of rotatable bonds is 5. The van der Waals surface area contributed by atoms with Crippen molar-refractivity contribution in [2.75, 3.05) is 20.1 Å². The predicted molar refractivity (Wildman–Crippen MR) is 120 cm³/mol. The normalized spacial score (nSPS) is 18.5. The lowest BCUT2D eigenvalue weighted by molar-refractivity contribution is -0.133. The molecule has 0 bridgehead atoms. The number of carbonyl (C=O) groups is 2. The minimum absolute atomic E-state index is 0.0678. The number of likely N-dealkylation sites (tertiary alicyclic amines) is 1. The maximum Gasteiger partial charge on any atom is 0.274 e. The molecule has 2 amide bonds. The summed E-state index contributed by atoms with van der Waals surface area (Å²) < 4.78 is 0. The summed E-state index contributed by atoms with van der Waals surface area (Å²) in [6, 6.07) is 15.1. The Balaban J connectivity index is 1.57. The molecule has 0 aliphatic carbocycles. The highest BCUT2D eigenvalue weighted by atomic mass is 32.1. The molecule has 1 atom stereocenters. The second-order valence-corrected chi connectivity index (χ2v) is 8.79. The van der Waals surface area contributed by atoms with Crippen molar-refractivity contribution in [1.29, 1.82) is 0 Å². The molecule has 3 heterocycles. The Labute approximate surface area is 184 Å². The van der Waals surface area contributed by atoms with Crippen molar-refractivity contribution >= 4 is 23.2 Å². The molecule has 160 valence electrons. The number of benzene rings is 1. The summed E-state index contributed by atoms with van der Waals surface area (Å²) in [5.74, 6) is -0.348. The van der Waals surface area contributed by atoms with Gasteiger partial charge in [0.15, 0.2) is 0 Å². The summed E-state index contributed by atoms with van der Waals surface area (Å²) in [7, 11) is 1.63. The zero-order valence-corrected chi connectivity index (χ0v) is 18.1. The van der Waals surface area contributed by atoms with Crippen LogP contribution in [-0.4, -0.2) is 47.0 Å². The minimum atomic E-state index is -0.713. The number of nitrogens with one attached hydrogen (secondary N) is 2. The van der Waals surface area contributed by atoms with Gasteiger partial charge in [-0.05, 0) is 47.9 Å². The van der Waals surface area contributed by atoms with Gasteiger partial charge in [0, 0.05) is 31.1 Å². The van der Waals surface area contributed by atoms with Gasteiger partial charge in [-0.1, -0.05) is 30.3 Å². The second kappa shape index (κ2) is 8.85. The number of H-pyrrole nitrogens is 1. The fourth-order valence-electron chi connectivity index (χ4n) is 4.23. The molecule has 7 nitrogen and oxygen atoms in total. The van der Waals surface area contributed by atoms with E-state index in [0.717, 1.165) is 17.5 Å². The first-order chi connectivity index (χ1) is 15.0. The first kappa shape index (κ1) is 21.0. The average molecular weight is 437 g/mol. The molecular weight excluding hydrogens is 412 g/mol. The first-order valence-corrected chi connectivity index (χ1v) is 11.1. The van der Waals surface area contributed by atoms with E-state index in [1.54, 1.807) is 23.3 Å². The number of carbonyl (C=O) groups excluding carboxylic acids is 2. The van der Waals surface area contributed by atoms with Crippen molar-refractivity contribution in [3.63, 3.8) is 0 Å². The summed E-state index contributed by atoms with van der Waals surface area (Å²) in [4.78, 5) is 40.1. The number of hydrogen-bond donors (Lipinski definition) is 2. The standard InChI is InChI=1S/C23H24N4O3S/c1-24-22(30)23(14-16-5-7-17(8-6-16)19-4-2-13-31-19)11-3-12-27(15-23)21(29)18-9-10-20(28)26-25-18/h2,4-10,13H,3,11-12,14-15H2,1H3,(H,24,30)(H,26,28)/t23-/m0/s1. The van der Waals surface area contributed by atoms with E-state index in [1.165, 1.54) is 17.0 Å². The zero-order chi connectivity index (χ0) is 21.8. The lowest BCUT2D eigenvalue weighted by Crippen LogP contribution is -2.54. The van der Waals surface area contributed by atoms with Gasteiger partial charge < -0.3 is 10.2 Å². The molecule has 3 aromatic rings. The van der Waals surface area contributed by atoms with Crippen molar-refractivity contribution in [1.82, 2.24) is 20.4 Å². The van der Waals surface area contributed by atoms with E-state index < -0.39 is 5.41 Å². The van der Waals surface area contributed by atoms with Crippen molar-refractivity contribution in [3.8, 4) is 10.4 Å². The molecule has 1 aromatic carbocycles. The number of thiophene rings is 1. The third kappa shape index (κ3) is 4.44. The third-order valence-electron chi connectivity index (χ3n) is 5.77. The Morgan fingerprint density at radius 2 is 2.00 bits per heavy atom. The van der Waals surface area contributed by atoms with Crippen LogP contribution in [-0.2, 0) is 11.2 Å². The molecule has 0 saturated carbocycles. The fourth-order valence-corrected chi connectivity index (χ4v) is 4.96. The van der Waals surface area contributed by atoms with Crippen LogP contribution >= 0.6 is 11.3 Å². The van der Waals surface area contributed by atoms with Crippen molar-refractivity contribution in [2.45, 2.75) is 19.3 Å². The van der Waals surface area contributed by atoms with Crippen LogP contribution in [0, 0.1) is 5.41 Å². The van der Waals surface area contributed by atoms with E-state index in [-0.39, 0.29) is 23.1 Å². The topological polar surface area (TPSA) is 95.2 Å². The Bertz CT molecular complexity index is 1100. The molecular formula is C23H24N4O3S. The van der Waals surface area contributed by atoms with Crippen molar-refractivity contribution in [2.24, 2.45) is 5.41 Å². The van der Waals surface area contributed by atoms with Crippen LogP contribution < -0.4 is 10.9 Å². The quantitative estimate of drug-likeness (QED) is 0.643. The maximum absolute atomic E-state index is 13.0. The van der Waals surface area contributed by atoms with E-state index in [1.807, 2.05) is 6.07 Å². The van der Waals surface area contributed by atoms with Gasteiger partial charge >= 0.3 is 0 Å². The molecule has 1 aliphatic rings. The lowest BCUT2D eigenvalue weighted by Gasteiger charge is -2.41. The van der Waals surface area contributed by atoms with E-state index in [0.29, 0.717) is 25.9 Å². The van der Waals surface area contributed by atoms with Gasteiger partial charge in [-0.15, -0.1) is 11.3 Å². The summed E-state index contributed by atoms with van der Waals surface area (Å²) in [5.41, 5.74) is 1.31. The van der Waals surface area contributed by atoms with Gasteiger partial charge in [-0.25, -0.2) is 5.10 Å². The molecule has 0 spiro atoms. The summed E-state index contributed by atoms with van der Waals surface area (Å²) in [6.45, 7) is 0.856. The Morgan fingerprint density at radius 3 is 2.65 bits per heavy atom. The smallest absolute Gasteiger partial charge is 0.274 e. The van der Waals surface area contributed by atoms with Crippen LogP contribution in [0.15, 0.2) is 58.7 Å². The molecule has 8 heteroatoms. The molecule has 1 aliphatic heterocycles. The highest BCUT2D eigenvalue weighted by Gasteiger charge is 2.43. The highest BCUT2D eigenvalue weighted by Crippen LogP contribution is 2.35. The van der Waals surface area contributed by atoms with Crippen LogP contribution in [0.2, 0.25) is 0 Å². The van der Waals surface area contributed by atoms with E-state index in [9.17, 15) is 14.4 Å². The van der Waals surface area contributed by atoms with Crippen LogP contribution in [0.3, 0.4) is 0 Å².